The fraction of sp³-hybridized carbons (Fsp3) is 0.143. The molecule has 2 heterocycles. The zero-order valence-electron chi connectivity index (χ0n) is 10.3. The zero-order valence-corrected chi connectivity index (χ0v) is 10.3. The Labute approximate surface area is 109 Å². The molecule has 0 saturated heterocycles. The number of rotatable bonds is 3. The number of esters is 1. The lowest BCUT2D eigenvalue weighted by Crippen LogP contribution is -2.05. The lowest BCUT2D eigenvalue weighted by atomic mass is 10.1. The number of hydrogen-bond donors (Lipinski definition) is 0. The maximum atomic E-state index is 11.6. The number of furan rings is 1. The largest absolute Gasteiger partial charge is 0.499 e. The molecule has 19 heavy (non-hydrogen) atoms. The first-order valence-electron chi connectivity index (χ1n) is 5.89. The van der Waals surface area contributed by atoms with Crippen LogP contribution < -0.4 is 0 Å². The van der Waals surface area contributed by atoms with Gasteiger partial charge in [-0.3, -0.25) is 0 Å². The van der Waals surface area contributed by atoms with Gasteiger partial charge in [-0.15, -0.1) is 0 Å². The normalized spacial score (nSPS) is 16.8. The maximum Gasteiger partial charge on any atom is 0.367 e. The van der Waals surface area contributed by atoms with E-state index in [2.05, 4.69) is 4.99 Å². The molecular formula is C14H11NO4. The van der Waals surface area contributed by atoms with Crippen LogP contribution in [0, 0.1) is 0 Å². The van der Waals surface area contributed by atoms with E-state index in [9.17, 15) is 4.79 Å². The summed E-state index contributed by atoms with van der Waals surface area (Å²) in [5.41, 5.74) is 1.45. The van der Waals surface area contributed by atoms with Gasteiger partial charge in [0.15, 0.2) is 5.70 Å². The van der Waals surface area contributed by atoms with Crippen molar-refractivity contribution in [3.63, 3.8) is 0 Å². The molecule has 0 aliphatic carbocycles. The predicted molar refractivity (Wildman–Crippen MR) is 68.6 cm³/mol. The molecule has 0 bridgehead atoms. The van der Waals surface area contributed by atoms with Crippen molar-refractivity contribution in [3.8, 4) is 0 Å². The molecule has 96 valence electrons. The quantitative estimate of drug-likeness (QED) is 0.481. The second kappa shape index (κ2) is 4.61. The summed E-state index contributed by atoms with van der Waals surface area (Å²) in [6.07, 6.45) is 2.89. The maximum absolute atomic E-state index is 11.6. The highest BCUT2D eigenvalue weighted by molar-refractivity contribution is 6.15. The molecule has 0 spiro atoms. The Kier molecular flexibility index (Phi) is 2.79. The summed E-state index contributed by atoms with van der Waals surface area (Å²) < 4.78 is 15.6. The van der Waals surface area contributed by atoms with E-state index in [1.807, 2.05) is 25.1 Å². The van der Waals surface area contributed by atoms with Crippen molar-refractivity contribution >= 4 is 22.8 Å². The first kappa shape index (κ1) is 11.5. The lowest BCUT2D eigenvalue weighted by Gasteiger charge is -1.99. The minimum absolute atomic E-state index is 0.153. The number of hydrogen-bond acceptors (Lipinski definition) is 5. The molecule has 3 rings (SSSR count). The molecule has 0 amide bonds. The number of para-hydroxylation sites is 1. The van der Waals surface area contributed by atoms with Crippen molar-refractivity contribution in [2.45, 2.75) is 6.92 Å². The average molecular weight is 257 g/mol. The lowest BCUT2D eigenvalue weighted by molar-refractivity contribution is -0.130. The Morgan fingerprint density at radius 1 is 1.37 bits per heavy atom. The molecule has 2 aromatic rings. The van der Waals surface area contributed by atoms with Crippen molar-refractivity contribution in [2.24, 2.45) is 4.99 Å². The molecular weight excluding hydrogens is 246 g/mol. The van der Waals surface area contributed by atoms with Crippen LogP contribution in [0.5, 0.6) is 0 Å². The number of fused-ring (bicyclic) bond motifs is 1. The van der Waals surface area contributed by atoms with Gasteiger partial charge < -0.3 is 13.9 Å². The van der Waals surface area contributed by atoms with Crippen LogP contribution in [0.2, 0.25) is 0 Å². The van der Waals surface area contributed by atoms with Gasteiger partial charge in [-0.2, -0.15) is 0 Å². The van der Waals surface area contributed by atoms with E-state index >= 15 is 0 Å². The Morgan fingerprint density at radius 2 is 2.26 bits per heavy atom. The first-order valence-corrected chi connectivity index (χ1v) is 5.89. The molecule has 0 unspecified atom stereocenters. The molecule has 5 nitrogen and oxygen atoms in total. The zero-order chi connectivity index (χ0) is 13.2. The highest BCUT2D eigenvalue weighted by Crippen LogP contribution is 2.24. The highest BCUT2D eigenvalue weighted by Gasteiger charge is 2.26. The van der Waals surface area contributed by atoms with Gasteiger partial charge in [-0.25, -0.2) is 9.79 Å². The number of carbonyl (C=O) groups excluding carboxylic acids is 1. The molecule has 0 saturated carbocycles. The number of nitrogens with zero attached hydrogens (tertiary/aromatic N) is 1. The van der Waals surface area contributed by atoms with E-state index < -0.39 is 5.97 Å². The number of ether oxygens (including phenoxy) is 2. The summed E-state index contributed by atoms with van der Waals surface area (Å²) in [6, 6.07) is 7.40. The van der Waals surface area contributed by atoms with Crippen molar-refractivity contribution < 1.29 is 18.7 Å². The van der Waals surface area contributed by atoms with E-state index in [4.69, 9.17) is 13.9 Å². The molecule has 1 aliphatic heterocycles. The van der Waals surface area contributed by atoms with Gasteiger partial charge in [0.25, 0.3) is 0 Å². The SMILES string of the molecule is CCO/C=C1\N=C(c2cccc3ccoc23)OC1=O. The third-order valence-electron chi connectivity index (χ3n) is 2.69. The summed E-state index contributed by atoms with van der Waals surface area (Å²) in [5, 5.41) is 0.929. The number of aliphatic imine (C=N–C) groups is 1. The average Bonchev–Trinajstić information content (AvgIpc) is 3.02. The first-order chi connectivity index (χ1) is 9.29. The summed E-state index contributed by atoms with van der Waals surface area (Å²) in [4.78, 5) is 15.8. The predicted octanol–water partition coefficient (Wildman–Crippen LogP) is 2.61. The molecule has 0 fully saturated rings. The monoisotopic (exact) mass is 257 g/mol. The van der Waals surface area contributed by atoms with Crippen LogP contribution >= 0.6 is 0 Å². The van der Waals surface area contributed by atoms with Crippen LogP contribution in [-0.2, 0) is 14.3 Å². The summed E-state index contributed by atoms with van der Waals surface area (Å²) in [6.45, 7) is 2.29. The summed E-state index contributed by atoms with van der Waals surface area (Å²) in [5.74, 6) is -0.288. The minimum Gasteiger partial charge on any atom is -0.499 e. The molecule has 1 aliphatic rings. The topological polar surface area (TPSA) is 61.0 Å². The standard InChI is InChI=1S/C14H11NO4/c1-2-17-8-11-14(16)19-13(15-11)10-5-3-4-9-6-7-18-12(9)10/h3-8H,2H2,1H3/b11-8-. The van der Waals surface area contributed by atoms with Crippen LogP contribution in [0.25, 0.3) is 11.0 Å². The van der Waals surface area contributed by atoms with Gasteiger partial charge in [-0.05, 0) is 19.1 Å². The Balaban J connectivity index is 2.03. The molecule has 0 N–H and O–H groups in total. The number of benzene rings is 1. The third kappa shape index (κ3) is 1.99. The van der Waals surface area contributed by atoms with Crippen LogP contribution in [-0.4, -0.2) is 18.5 Å². The van der Waals surface area contributed by atoms with Crippen molar-refractivity contribution in [2.75, 3.05) is 6.61 Å². The minimum atomic E-state index is -0.521. The van der Waals surface area contributed by atoms with Crippen LogP contribution in [0.15, 0.2) is 51.9 Å². The molecule has 0 radical (unpaired) electrons. The number of cyclic esters (lactones) is 1. The molecule has 1 aromatic carbocycles. The summed E-state index contributed by atoms with van der Waals surface area (Å²) >= 11 is 0. The molecule has 5 heteroatoms. The third-order valence-corrected chi connectivity index (χ3v) is 2.69. The van der Waals surface area contributed by atoms with E-state index in [-0.39, 0.29) is 11.6 Å². The van der Waals surface area contributed by atoms with Gasteiger partial charge in [0.1, 0.15) is 11.8 Å². The fourth-order valence-corrected chi connectivity index (χ4v) is 1.83. The van der Waals surface area contributed by atoms with Crippen LogP contribution in [0.1, 0.15) is 12.5 Å². The van der Waals surface area contributed by atoms with Gasteiger partial charge in [0.2, 0.25) is 5.90 Å². The Morgan fingerprint density at radius 3 is 3.11 bits per heavy atom. The van der Waals surface area contributed by atoms with Crippen molar-refractivity contribution in [3.05, 3.63) is 48.1 Å². The van der Waals surface area contributed by atoms with Crippen molar-refractivity contribution in [1.82, 2.24) is 0 Å². The van der Waals surface area contributed by atoms with E-state index in [0.717, 1.165) is 5.39 Å². The second-order valence-corrected chi connectivity index (χ2v) is 3.91. The van der Waals surface area contributed by atoms with Gasteiger partial charge in [-0.1, -0.05) is 12.1 Å². The fourth-order valence-electron chi connectivity index (χ4n) is 1.83. The van der Waals surface area contributed by atoms with E-state index in [1.54, 1.807) is 12.3 Å². The van der Waals surface area contributed by atoms with E-state index in [1.165, 1.54) is 6.26 Å². The van der Waals surface area contributed by atoms with Crippen molar-refractivity contribution in [1.29, 1.82) is 0 Å². The molecule has 0 atom stereocenters. The summed E-state index contributed by atoms with van der Waals surface area (Å²) in [7, 11) is 0. The molecule has 1 aromatic heterocycles. The van der Waals surface area contributed by atoms with Crippen LogP contribution in [0.3, 0.4) is 0 Å². The number of carbonyl (C=O) groups is 1. The second-order valence-electron chi connectivity index (χ2n) is 3.91. The highest BCUT2D eigenvalue weighted by atomic mass is 16.6. The van der Waals surface area contributed by atoms with Gasteiger partial charge in [0, 0.05) is 5.39 Å². The Bertz CT molecular complexity index is 696. The van der Waals surface area contributed by atoms with E-state index in [0.29, 0.717) is 17.8 Å². The Hall–Kier alpha value is -2.56. The van der Waals surface area contributed by atoms with Gasteiger partial charge in [0.05, 0.1) is 18.4 Å². The van der Waals surface area contributed by atoms with Gasteiger partial charge >= 0.3 is 5.97 Å². The smallest absolute Gasteiger partial charge is 0.367 e. The van der Waals surface area contributed by atoms with Crippen LogP contribution in [0.4, 0.5) is 0 Å².